The van der Waals surface area contributed by atoms with Crippen LogP contribution in [0, 0.1) is 17.8 Å². The Kier molecular flexibility index (Phi) is 22.2. The van der Waals surface area contributed by atoms with E-state index in [0.29, 0.717) is 11.7 Å². The van der Waals surface area contributed by atoms with Crippen LogP contribution in [0.3, 0.4) is 0 Å². The van der Waals surface area contributed by atoms with Crippen molar-refractivity contribution < 1.29 is 4.79 Å². The number of rotatable bonds is 26. The lowest BCUT2D eigenvalue weighted by Crippen LogP contribution is -2.12. The van der Waals surface area contributed by atoms with Crippen LogP contribution in [0.2, 0.25) is 0 Å². The summed E-state index contributed by atoms with van der Waals surface area (Å²) in [6.07, 6.45) is 35.6. The summed E-state index contributed by atoms with van der Waals surface area (Å²) in [5, 5.41) is 3.14. The maximum atomic E-state index is 12.4. The van der Waals surface area contributed by atoms with Gasteiger partial charge in [-0.2, -0.15) is 0 Å². The normalized spacial score (nSPS) is 17.8. The van der Waals surface area contributed by atoms with E-state index in [1.807, 2.05) is 32.2 Å². The molecule has 1 saturated carbocycles. The molecule has 1 fully saturated rings. The fourth-order valence-corrected chi connectivity index (χ4v) is 5.57. The second-order valence-electron chi connectivity index (χ2n) is 11.5. The van der Waals surface area contributed by atoms with Crippen molar-refractivity contribution in [3.8, 4) is 0 Å². The monoisotopic (exact) mass is 499 g/mol. The number of Topliss-reactive ketones (excluding diaryl/α,β-unsaturated/α-hetero) is 1. The summed E-state index contributed by atoms with van der Waals surface area (Å²) < 4.78 is 0. The van der Waals surface area contributed by atoms with E-state index in [-0.39, 0.29) is 0 Å². The number of carbonyl (C=O) groups is 1. The molecule has 2 heteroatoms. The summed E-state index contributed by atoms with van der Waals surface area (Å²) >= 11 is 0. The van der Waals surface area contributed by atoms with Gasteiger partial charge in [-0.1, -0.05) is 115 Å². The Hall–Kier alpha value is -1.11. The van der Waals surface area contributed by atoms with Crippen molar-refractivity contribution in [2.24, 2.45) is 17.8 Å². The van der Waals surface area contributed by atoms with Crippen LogP contribution < -0.4 is 5.32 Å². The van der Waals surface area contributed by atoms with Gasteiger partial charge in [0.15, 0.2) is 0 Å². The van der Waals surface area contributed by atoms with Gasteiger partial charge in [-0.3, -0.25) is 4.79 Å². The Morgan fingerprint density at radius 1 is 0.889 bits per heavy atom. The Morgan fingerprint density at radius 2 is 1.50 bits per heavy atom. The molecule has 0 bridgehead atoms. The quantitative estimate of drug-likeness (QED) is 0.0728. The third-order valence-corrected chi connectivity index (χ3v) is 8.04. The maximum Gasteiger partial charge on any atom is 0.133 e. The highest BCUT2D eigenvalue weighted by molar-refractivity contribution is 5.78. The Morgan fingerprint density at radius 3 is 2.11 bits per heavy atom. The fraction of sp³-hybridized carbons (Fsp3) is 0.824. The minimum absolute atomic E-state index is 0.436. The minimum Gasteiger partial charge on any atom is -0.320 e. The van der Waals surface area contributed by atoms with Crippen LogP contribution >= 0.6 is 0 Å². The Labute approximate surface area is 225 Å². The summed E-state index contributed by atoms with van der Waals surface area (Å²) in [6.45, 7) is 5.25. The van der Waals surface area contributed by atoms with Crippen LogP contribution in [0.25, 0.3) is 0 Å². The molecule has 2 nitrogen and oxygen atoms in total. The highest BCUT2D eigenvalue weighted by atomic mass is 16.1. The molecule has 0 spiro atoms. The molecule has 1 rings (SSSR count). The third kappa shape index (κ3) is 20.0. The number of hydrogen-bond donors (Lipinski definition) is 1. The van der Waals surface area contributed by atoms with Crippen molar-refractivity contribution in [2.45, 2.75) is 149 Å². The van der Waals surface area contributed by atoms with Gasteiger partial charge in [0.05, 0.1) is 0 Å². The minimum atomic E-state index is 0.436. The SMILES string of the molecule is C/C=C/C=C=CCC(CCCCCCCCCC1CC1CCCCCCCC)CC(=O)CCCNC. The molecule has 3 atom stereocenters. The smallest absolute Gasteiger partial charge is 0.133 e. The predicted molar refractivity (Wildman–Crippen MR) is 160 cm³/mol. The van der Waals surface area contributed by atoms with Gasteiger partial charge in [0, 0.05) is 12.8 Å². The van der Waals surface area contributed by atoms with Gasteiger partial charge < -0.3 is 5.32 Å². The van der Waals surface area contributed by atoms with Crippen LogP contribution in [0.15, 0.2) is 30.0 Å². The maximum absolute atomic E-state index is 12.4. The van der Waals surface area contributed by atoms with Gasteiger partial charge >= 0.3 is 0 Å². The highest BCUT2D eigenvalue weighted by Crippen LogP contribution is 2.45. The average Bonchev–Trinajstić information content (AvgIpc) is 3.62. The summed E-state index contributed by atoms with van der Waals surface area (Å²) in [5.74, 6) is 3.10. The lowest BCUT2D eigenvalue weighted by atomic mass is 9.91. The van der Waals surface area contributed by atoms with Gasteiger partial charge in [0.25, 0.3) is 0 Å². The van der Waals surface area contributed by atoms with Crippen LogP contribution in [0.4, 0.5) is 0 Å². The van der Waals surface area contributed by atoms with Crippen molar-refractivity contribution >= 4 is 5.78 Å². The summed E-state index contributed by atoms with van der Waals surface area (Å²) in [5.41, 5.74) is 3.25. The van der Waals surface area contributed by atoms with E-state index in [1.54, 1.807) is 0 Å². The van der Waals surface area contributed by atoms with E-state index in [9.17, 15) is 4.79 Å². The largest absolute Gasteiger partial charge is 0.320 e. The molecule has 1 N–H and O–H groups in total. The Bertz CT molecular complexity index is 600. The molecule has 1 aliphatic rings. The first-order valence-corrected chi connectivity index (χ1v) is 15.9. The topological polar surface area (TPSA) is 29.1 Å². The van der Waals surface area contributed by atoms with E-state index in [4.69, 9.17) is 0 Å². The zero-order chi connectivity index (χ0) is 26.1. The molecule has 0 aromatic carbocycles. The van der Waals surface area contributed by atoms with Crippen molar-refractivity contribution in [1.29, 1.82) is 0 Å². The number of carbonyl (C=O) groups excluding carboxylic acids is 1. The van der Waals surface area contributed by atoms with Crippen LogP contribution in [0.1, 0.15) is 149 Å². The van der Waals surface area contributed by atoms with Crippen molar-refractivity contribution in [1.82, 2.24) is 5.32 Å². The Balaban J connectivity index is 2.04. The molecule has 36 heavy (non-hydrogen) atoms. The standard InChI is InChI=1S/C34H61NO/c1-4-6-8-10-16-20-25-32-30-33(32)26-21-17-13-11-12-15-19-24-31(23-18-14-9-7-5-2)29-34(36)27-22-28-35-3/h5,7,9,18,31-33,35H,4,6,8,10-13,15-17,19-30H2,1-3H3/b7-5+. The second-order valence-corrected chi connectivity index (χ2v) is 11.5. The molecular weight excluding hydrogens is 438 g/mol. The molecule has 208 valence electrons. The van der Waals surface area contributed by atoms with Crippen LogP contribution in [-0.2, 0) is 4.79 Å². The summed E-state index contributed by atoms with van der Waals surface area (Å²) in [6, 6.07) is 0. The van der Waals surface area contributed by atoms with E-state index in [0.717, 1.165) is 44.1 Å². The summed E-state index contributed by atoms with van der Waals surface area (Å²) in [4.78, 5) is 12.4. The van der Waals surface area contributed by atoms with Gasteiger partial charge in [0.2, 0.25) is 0 Å². The molecular formula is C34H61NO. The molecule has 0 aromatic rings. The first kappa shape index (κ1) is 32.9. The number of ketones is 1. The molecule has 3 unspecified atom stereocenters. The molecule has 0 saturated heterocycles. The number of unbranched alkanes of at least 4 members (excludes halogenated alkanes) is 11. The fourth-order valence-electron chi connectivity index (χ4n) is 5.57. The second kappa shape index (κ2) is 24.2. The number of allylic oxidation sites excluding steroid dienone is 3. The zero-order valence-corrected chi connectivity index (χ0v) is 24.5. The lowest BCUT2D eigenvalue weighted by molar-refractivity contribution is -0.120. The predicted octanol–water partition coefficient (Wildman–Crippen LogP) is 10.1. The van der Waals surface area contributed by atoms with Crippen molar-refractivity contribution in [2.75, 3.05) is 13.6 Å². The first-order chi connectivity index (χ1) is 17.7. The molecule has 0 aromatic heterocycles. The van der Waals surface area contributed by atoms with E-state index in [1.165, 1.54) is 109 Å². The van der Waals surface area contributed by atoms with Gasteiger partial charge in [0.1, 0.15) is 5.78 Å². The lowest BCUT2D eigenvalue weighted by Gasteiger charge is -2.14. The van der Waals surface area contributed by atoms with Crippen molar-refractivity contribution in [3.05, 3.63) is 30.0 Å². The number of nitrogens with one attached hydrogen (secondary N) is 1. The molecule has 0 aliphatic heterocycles. The molecule has 0 amide bonds. The number of hydrogen-bond acceptors (Lipinski definition) is 2. The van der Waals surface area contributed by atoms with E-state index < -0.39 is 0 Å². The van der Waals surface area contributed by atoms with E-state index in [2.05, 4.69) is 24.0 Å². The average molecular weight is 500 g/mol. The van der Waals surface area contributed by atoms with Gasteiger partial charge in [-0.25, -0.2) is 0 Å². The van der Waals surface area contributed by atoms with Crippen LogP contribution in [-0.4, -0.2) is 19.4 Å². The molecule has 0 radical (unpaired) electrons. The van der Waals surface area contributed by atoms with Crippen LogP contribution in [0.5, 0.6) is 0 Å². The van der Waals surface area contributed by atoms with Gasteiger partial charge in [-0.05, 0) is 76.1 Å². The summed E-state index contributed by atoms with van der Waals surface area (Å²) in [7, 11) is 1.95. The van der Waals surface area contributed by atoms with E-state index >= 15 is 0 Å². The van der Waals surface area contributed by atoms with Gasteiger partial charge in [-0.15, -0.1) is 5.73 Å². The molecule has 1 aliphatic carbocycles. The third-order valence-electron chi connectivity index (χ3n) is 8.04. The molecule has 0 heterocycles. The zero-order valence-electron chi connectivity index (χ0n) is 24.5. The first-order valence-electron chi connectivity index (χ1n) is 15.9. The highest BCUT2D eigenvalue weighted by Gasteiger charge is 2.34. The van der Waals surface area contributed by atoms with Crippen molar-refractivity contribution in [3.63, 3.8) is 0 Å².